The van der Waals surface area contributed by atoms with Crippen LogP contribution in [-0.4, -0.2) is 18.2 Å². The van der Waals surface area contributed by atoms with Crippen molar-refractivity contribution in [2.75, 3.05) is 11.4 Å². The Morgan fingerprint density at radius 1 is 1.05 bits per heavy atom. The number of carbonyl (C=O) groups excluding carboxylic acids is 2. The van der Waals surface area contributed by atoms with Gasteiger partial charge in [0, 0.05) is 34.1 Å². The highest BCUT2D eigenvalue weighted by Gasteiger charge is 2.27. The number of rotatable bonds is 1. The quantitative estimate of drug-likeness (QED) is 0.789. The zero-order valence-electron chi connectivity index (χ0n) is 11.0. The smallest absolute Gasteiger partial charge is 0.258 e. The van der Waals surface area contributed by atoms with Gasteiger partial charge in [0.25, 0.3) is 5.91 Å². The maximum absolute atomic E-state index is 12.7. The number of Topliss-reactive ketones (excluding diaryl/α,β-unsaturated/α-hetero) is 1. The molecule has 0 fully saturated rings. The second kappa shape index (κ2) is 5.51. The molecule has 0 aromatic heterocycles. The third kappa shape index (κ3) is 2.67. The fourth-order valence-corrected chi connectivity index (χ4v) is 2.98. The number of hydrogen-bond acceptors (Lipinski definition) is 2. The standard InChI is InChI=1S/C16H11Cl2NO2/c17-11-7-10(8-12(18)9-11)16(21)19-6-5-15(20)13-3-1-2-4-14(13)19/h1-4,7-9H,5-6H2. The molecule has 0 saturated carbocycles. The third-order valence-corrected chi connectivity index (χ3v) is 3.85. The van der Waals surface area contributed by atoms with Gasteiger partial charge in [-0.25, -0.2) is 0 Å². The second-order valence-corrected chi connectivity index (χ2v) is 5.68. The summed E-state index contributed by atoms with van der Waals surface area (Å²) in [6, 6.07) is 11.8. The van der Waals surface area contributed by atoms with Gasteiger partial charge in [-0.1, -0.05) is 35.3 Å². The highest BCUT2D eigenvalue weighted by molar-refractivity contribution is 6.35. The molecule has 0 saturated heterocycles. The van der Waals surface area contributed by atoms with E-state index in [1.54, 1.807) is 41.3 Å². The molecule has 1 aliphatic rings. The molecule has 1 heterocycles. The van der Waals surface area contributed by atoms with E-state index >= 15 is 0 Å². The van der Waals surface area contributed by atoms with Crippen LogP contribution in [0.4, 0.5) is 5.69 Å². The van der Waals surface area contributed by atoms with Gasteiger partial charge in [-0.2, -0.15) is 0 Å². The molecule has 0 spiro atoms. The summed E-state index contributed by atoms with van der Waals surface area (Å²) in [5.74, 6) is -0.155. The molecule has 2 aromatic carbocycles. The Morgan fingerprint density at radius 2 is 1.71 bits per heavy atom. The first-order chi connectivity index (χ1) is 10.1. The van der Waals surface area contributed by atoms with Gasteiger partial charge in [0.15, 0.2) is 5.78 Å². The van der Waals surface area contributed by atoms with Crippen LogP contribution in [0.5, 0.6) is 0 Å². The monoisotopic (exact) mass is 319 g/mol. The van der Waals surface area contributed by atoms with Crippen LogP contribution in [0.1, 0.15) is 27.1 Å². The van der Waals surface area contributed by atoms with E-state index in [4.69, 9.17) is 23.2 Å². The number of amides is 1. The molecule has 5 heteroatoms. The van der Waals surface area contributed by atoms with Crippen LogP contribution in [0.3, 0.4) is 0 Å². The van der Waals surface area contributed by atoms with Gasteiger partial charge in [0.1, 0.15) is 0 Å². The molecular formula is C16H11Cl2NO2. The van der Waals surface area contributed by atoms with E-state index in [1.165, 1.54) is 0 Å². The fraction of sp³-hybridized carbons (Fsp3) is 0.125. The van der Waals surface area contributed by atoms with Gasteiger partial charge < -0.3 is 4.90 Å². The van der Waals surface area contributed by atoms with Gasteiger partial charge in [-0.05, 0) is 30.3 Å². The van der Waals surface area contributed by atoms with Crippen LogP contribution >= 0.6 is 23.2 Å². The SMILES string of the molecule is O=C1CCN(C(=O)c2cc(Cl)cc(Cl)c2)c2ccccc21. The topological polar surface area (TPSA) is 37.4 Å². The molecule has 3 nitrogen and oxygen atoms in total. The molecule has 3 rings (SSSR count). The van der Waals surface area contributed by atoms with Crippen LogP contribution in [0.25, 0.3) is 0 Å². The first-order valence-corrected chi connectivity index (χ1v) is 7.22. The summed E-state index contributed by atoms with van der Waals surface area (Å²) in [6.07, 6.45) is 0.317. The van der Waals surface area contributed by atoms with Crippen molar-refractivity contribution in [2.24, 2.45) is 0 Å². The van der Waals surface area contributed by atoms with E-state index in [-0.39, 0.29) is 11.7 Å². The van der Waals surface area contributed by atoms with Crippen molar-refractivity contribution < 1.29 is 9.59 Å². The lowest BCUT2D eigenvalue weighted by Gasteiger charge is -2.28. The first-order valence-electron chi connectivity index (χ1n) is 6.46. The van der Waals surface area contributed by atoms with Crippen molar-refractivity contribution in [1.29, 1.82) is 0 Å². The average molecular weight is 320 g/mol. The number of fused-ring (bicyclic) bond motifs is 1. The van der Waals surface area contributed by atoms with E-state index in [2.05, 4.69) is 0 Å². The number of nitrogens with zero attached hydrogens (tertiary/aromatic N) is 1. The molecule has 0 aliphatic carbocycles. The molecule has 1 aliphatic heterocycles. The van der Waals surface area contributed by atoms with Gasteiger partial charge in [-0.3, -0.25) is 9.59 Å². The Hall–Kier alpha value is -1.84. The molecule has 0 bridgehead atoms. The average Bonchev–Trinajstić information content (AvgIpc) is 2.46. The van der Waals surface area contributed by atoms with Gasteiger partial charge in [0.2, 0.25) is 0 Å². The number of carbonyl (C=O) groups is 2. The van der Waals surface area contributed by atoms with Crippen LogP contribution in [0.2, 0.25) is 10.0 Å². The molecular weight excluding hydrogens is 309 g/mol. The van der Waals surface area contributed by atoms with Crippen molar-refractivity contribution in [3.8, 4) is 0 Å². The van der Waals surface area contributed by atoms with Crippen molar-refractivity contribution in [1.82, 2.24) is 0 Å². The summed E-state index contributed by atoms with van der Waals surface area (Å²) in [6.45, 7) is 0.360. The van der Waals surface area contributed by atoms with Gasteiger partial charge >= 0.3 is 0 Å². The van der Waals surface area contributed by atoms with Crippen molar-refractivity contribution >= 4 is 40.6 Å². The zero-order chi connectivity index (χ0) is 15.0. The largest absolute Gasteiger partial charge is 0.307 e. The Labute approximate surface area is 132 Å². The van der Waals surface area contributed by atoms with Crippen LogP contribution < -0.4 is 4.90 Å². The minimum absolute atomic E-state index is 0.0544. The summed E-state index contributed by atoms with van der Waals surface area (Å²) >= 11 is 11.9. The highest BCUT2D eigenvalue weighted by atomic mass is 35.5. The summed E-state index contributed by atoms with van der Waals surface area (Å²) in [4.78, 5) is 26.2. The number of ketones is 1. The highest BCUT2D eigenvalue weighted by Crippen LogP contribution is 2.29. The van der Waals surface area contributed by atoms with Crippen LogP contribution in [0.15, 0.2) is 42.5 Å². The van der Waals surface area contributed by atoms with E-state index in [9.17, 15) is 9.59 Å². The third-order valence-electron chi connectivity index (χ3n) is 3.41. The maximum atomic E-state index is 12.7. The van der Waals surface area contributed by atoms with Crippen molar-refractivity contribution in [2.45, 2.75) is 6.42 Å². The van der Waals surface area contributed by atoms with Crippen molar-refractivity contribution in [3.05, 3.63) is 63.6 Å². The predicted molar refractivity (Wildman–Crippen MR) is 83.5 cm³/mol. The minimum Gasteiger partial charge on any atom is -0.307 e. The number of anilines is 1. The minimum atomic E-state index is -0.209. The molecule has 2 aromatic rings. The van der Waals surface area contributed by atoms with E-state index in [0.717, 1.165) is 0 Å². The Kier molecular flexibility index (Phi) is 3.70. The maximum Gasteiger partial charge on any atom is 0.258 e. The summed E-state index contributed by atoms with van der Waals surface area (Å²) in [5, 5.41) is 0.819. The lowest BCUT2D eigenvalue weighted by atomic mass is 9.99. The Balaban J connectivity index is 2.03. The van der Waals surface area contributed by atoms with Crippen LogP contribution in [0, 0.1) is 0 Å². The Bertz CT molecular complexity index is 723. The van der Waals surface area contributed by atoms with Crippen LogP contribution in [-0.2, 0) is 0 Å². The summed E-state index contributed by atoms with van der Waals surface area (Å²) in [5.41, 5.74) is 1.62. The number of hydrogen-bond donors (Lipinski definition) is 0. The Morgan fingerprint density at radius 3 is 2.43 bits per heavy atom. The molecule has 0 unspecified atom stereocenters. The first kappa shape index (κ1) is 14.1. The normalized spacial score (nSPS) is 14.0. The van der Waals surface area contributed by atoms with Gasteiger partial charge in [-0.15, -0.1) is 0 Å². The molecule has 0 atom stereocenters. The molecule has 1 amide bonds. The fourth-order valence-electron chi connectivity index (χ4n) is 2.46. The summed E-state index contributed by atoms with van der Waals surface area (Å²) in [7, 11) is 0. The molecule has 106 valence electrons. The lowest BCUT2D eigenvalue weighted by Crippen LogP contribution is -2.37. The van der Waals surface area contributed by atoms with E-state index in [1.807, 2.05) is 6.07 Å². The molecule has 0 radical (unpaired) electrons. The summed E-state index contributed by atoms with van der Waals surface area (Å²) < 4.78 is 0. The predicted octanol–water partition coefficient (Wildman–Crippen LogP) is 4.23. The van der Waals surface area contributed by atoms with Crippen molar-refractivity contribution in [3.63, 3.8) is 0 Å². The number of benzene rings is 2. The molecule has 21 heavy (non-hydrogen) atoms. The molecule has 0 N–H and O–H groups in total. The van der Waals surface area contributed by atoms with E-state index < -0.39 is 0 Å². The number of para-hydroxylation sites is 1. The van der Waals surface area contributed by atoms with E-state index in [0.29, 0.717) is 39.8 Å². The van der Waals surface area contributed by atoms with Gasteiger partial charge in [0.05, 0.1) is 5.69 Å². The second-order valence-electron chi connectivity index (χ2n) is 4.81. The lowest BCUT2D eigenvalue weighted by molar-refractivity contribution is 0.0955. The zero-order valence-corrected chi connectivity index (χ0v) is 12.5. The number of halogens is 2.